The Morgan fingerprint density at radius 1 is 1.19 bits per heavy atom. The van der Waals surface area contributed by atoms with Crippen LogP contribution in [0.15, 0.2) is 48.9 Å². The number of benzene rings is 1. The van der Waals surface area contributed by atoms with Crippen LogP contribution >= 0.6 is 12.4 Å². The van der Waals surface area contributed by atoms with Crippen LogP contribution in [-0.4, -0.2) is 49.8 Å². The molecule has 2 aromatic heterocycles. The Bertz CT molecular complexity index is 916. The summed E-state index contributed by atoms with van der Waals surface area (Å²) in [7, 11) is 1.96. The summed E-state index contributed by atoms with van der Waals surface area (Å²) >= 11 is 0. The lowest BCUT2D eigenvalue weighted by Gasteiger charge is -2.35. The molecule has 7 nitrogen and oxygen atoms in total. The highest BCUT2D eigenvalue weighted by molar-refractivity contribution is 5.94. The van der Waals surface area contributed by atoms with Crippen molar-refractivity contribution in [2.75, 3.05) is 19.6 Å². The predicted octanol–water partition coefficient (Wildman–Crippen LogP) is 2.12. The Morgan fingerprint density at radius 2 is 1.96 bits per heavy atom. The number of amides is 1. The fraction of sp³-hybridized carbons (Fsp3) is 0.316. The Balaban J connectivity index is 0.00000210. The summed E-state index contributed by atoms with van der Waals surface area (Å²) in [5, 5.41) is 7.67. The number of aryl methyl sites for hydroxylation is 2. The number of carbonyl (C=O) groups is 1. The van der Waals surface area contributed by atoms with E-state index in [1.165, 1.54) is 0 Å². The molecule has 0 bridgehead atoms. The van der Waals surface area contributed by atoms with Crippen molar-refractivity contribution in [3.63, 3.8) is 0 Å². The second-order valence-corrected chi connectivity index (χ2v) is 6.55. The van der Waals surface area contributed by atoms with Gasteiger partial charge in [0.2, 0.25) is 0 Å². The first kappa shape index (κ1) is 19.1. The van der Waals surface area contributed by atoms with E-state index >= 15 is 0 Å². The van der Waals surface area contributed by atoms with Gasteiger partial charge < -0.3 is 14.8 Å². The molecule has 1 aliphatic rings. The van der Waals surface area contributed by atoms with Crippen molar-refractivity contribution in [3.05, 3.63) is 66.0 Å². The minimum Gasteiger partial charge on any atom is -0.336 e. The SMILES string of the molecule is Cc1ccnn1-c1ccc(C(=O)N2CCNCC2c2nccn2C)cc1.Cl. The molecule has 1 aromatic carbocycles. The normalized spacial score (nSPS) is 16.8. The maximum Gasteiger partial charge on any atom is 0.254 e. The third-order valence-electron chi connectivity index (χ3n) is 4.85. The fourth-order valence-corrected chi connectivity index (χ4v) is 3.43. The highest BCUT2D eigenvalue weighted by atomic mass is 35.5. The molecule has 1 fully saturated rings. The van der Waals surface area contributed by atoms with E-state index in [1.807, 2.05) is 64.6 Å². The molecule has 1 aliphatic heterocycles. The number of hydrogen-bond acceptors (Lipinski definition) is 4. The van der Waals surface area contributed by atoms with Crippen LogP contribution in [0.3, 0.4) is 0 Å². The van der Waals surface area contributed by atoms with Gasteiger partial charge in [0, 0.05) is 56.5 Å². The van der Waals surface area contributed by atoms with Crippen LogP contribution in [-0.2, 0) is 7.05 Å². The van der Waals surface area contributed by atoms with Crippen LogP contribution < -0.4 is 5.32 Å². The summed E-state index contributed by atoms with van der Waals surface area (Å²) in [6, 6.07) is 9.50. The molecule has 27 heavy (non-hydrogen) atoms. The number of hydrogen-bond donors (Lipinski definition) is 1. The second kappa shape index (κ2) is 7.94. The van der Waals surface area contributed by atoms with Crippen LogP contribution in [0, 0.1) is 6.92 Å². The zero-order valence-electron chi connectivity index (χ0n) is 15.4. The predicted molar refractivity (Wildman–Crippen MR) is 105 cm³/mol. The van der Waals surface area contributed by atoms with Gasteiger partial charge in [0.05, 0.1) is 5.69 Å². The zero-order chi connectivity index (χ0) is 18.1. The standard InChI is InChI=1S/C19H22N6O.ClH/c1-14-7-8-22-25(14)16-5-3-15(4-6-16)19(26)24-12-9-20-13-17(24)18-21-10-11-23(18)2;/h3-8,10-11,17,20H,9,12-13H2,1-2H3;1H. The number of carbonyl (C=O) groups excluding carboxylic acids is 1. The number of imidazole rings is 1. The summed E-state index contributed by atoms with van der Waals surface area (Å²) in [4.78, 5) is 19.5. The maximum atomic E-state index is 13.1. The average Bonchev–Trinajstić information content (AvgIpc) is 3.29. The van der Waals surface area contributed by atoms with Crippen molar-refractivity contribution in [1.82, 2.24) is 29.5 Å². The van der Waals surface area contributed by atoms with Crippen LogP contribution in [0.1, 0.15) is 27.9 Å². The Kier molecular flexibility index (Phi) is 5.62. The molecule has 8 heteroatoms. The molecular weight excluding hydrogens is 364 g/mol. The molecule has 1 atom stereocenters. The molecule has 1 amide bonds. The number of halogens is 1. The lowest BCUT2D eigenvalue weighted by Crippen LogP contribution is -2.49. The van der Waals surface area contributed by atoms with Crippen molar-refractivity contribution in [2.45, 2.75) is 13.0 Å². The molecule has 1 saturated heterocycles. The molecule has 1 N–H and O–H groups in total. The van der Waals surface area contributed by atoms with Gasteiger partial charge in [-0.15, -0.1) is 12.4 Å². The zero-order valence-corrected chi connectivity index (χ0v) is 16.2. The fourth-order valence-electron chi connectivity index (χ4n) is 3.43. The second-order valence-electron chi connectivity index (χ2n) is 6.55. The minimum atomic E-state index is -0.0655. The van der Waals surface area contributed by atoms with E-state index in [4.69, 9.17) is 0 Å². The average molecular weight is 387 g/mol. The summed E-state index contributed by atoms with van der Waals surface area (Å²) in [6.45, 7) is 4.17. The first-order chi connectivity index (χ1) is 12.6. The number of rotatable bonds is 3. The molecule has 0 aliphatic carbocycles. The summed E-state index contributed by atoms with van der Waals surface area (Å²) < 4.78 is 3.83. The van der Waals surface area contributed by atoms with E-state index in [-0.39, 0.29) is 24.4 Å². The summed E-state index contributed by atoms with van der Waals surface area (Å²) in [5.41, 5.74) is 2.69. The maximum absolute atomic E-state index is 13.1. The van der Waals surface area contributed by atoms with E-state index < -0.39 is 0 Å². The largest absolute Gasteiger partial charge is 0.336 e. The highest BCUT2D eigenvalue weighted by Gasteiger charge is 2.31. The van der Waals surface area contributed by atoms with Crippen molar-refractivity contribution in [2.24, 2.45) is 7.05 Å². The van der Waals surface area contributed by atoms with Gasteiger partial charge in [0.25, 0.3) is 5.91 Å². The number of nitrogens with zero attached hydrogens (tertiary/aromatic N) is 5. The number of aromatic nitrogens is 4. The minimum absolute atomic E-state index is 0. The Labute approximate surface area is 164 Å². The van der Waals surface area contributed by atoms with Gasteiger partial charge in [0.15, 0.2) is 0 Å². The van der Waals surface area contributed by atoms with Crippen molar-refractivity contribution < 1.29 is 4.79 Å². The van der Waals surface area contributed by atoms with Gasteiger partial charge in [-0.3, -0.25) is 4.79 Å². The van der Waals surface area contributed by atoms with Gasteiger partial charge in [0.1, 0.15) is 11.9 Å². The van der Waals surface area contributed by atoms with Crippen LogP contribution in [0.25, 0.3) is 5.69 Å². The molecule has 3 aromatic rings. The van der Waals surface area contributed by atoms with Crippen LogP contribution in [0.5, 0.6) is 0 Å². The molecule has 0 radical (unpaired) electrons. The van der Waals surface area contributed by atoms with E-state index in [0.717, 1.165) is 23.8 Å². The highest BCUT2D eigenvalue weighted by Crippen LogP contribution is 2.23. The third kappa shape index (κ3) is 3.61. The number of nitrogens with one attached hydrogen (secondary N) is 1. The van der Waals surface area contributed by atoms with Crippen molar-refractivity contribution in [1.29, 1.82) is 0 Å². The molecule has 0 spiro atoms. The van der Waals surface area contributed by atoms with E-state index in [1.54, 1.807) is 12.4 Å². The van der Waals surface area contributed by atoms with E-state index in [2.05, 4.69) is 15.4 Å². The third-order valence-corrected chi connectivity index (χ3v) is 4.85. The van der Waals surface area contributed by atoms with Gasteiger partial charge in [-0.1, -0.05) is 0 Å². The van der Waals surface area contributed by atoms with E-state index in [9.17, 15) is 4.79 Å². The molecule has 142 valence electrons. The van der Waals surface area contributed by atoms with Gasteiger partial charge in [-0.2, -0.15) is 5.10 Å². The quantitative estimate of drug-likeness (QED) is 0.748. The Morgan fingerprint density at radius 3 is 2.59 bits per heavy atom. The Hall–Kier alpha value is -2.64. The van der Waals surface area contributed by atoms with Crippen LogP contribution in [0.2, 0.25) is 0 Å². The monoisotopic (exact) mass is 386 g/mol. The smallest absolute Gasteiger partial charge is 0.254 e. The lowest BCUT2D eigenvalue weighted by atomic mass is 10.1. The van der Waals surface area contributed by atoms with Gasteiger partial charge >= 0.3 is 0 Å². The molecular formula is C19H23ClN6O. The topological polar surface area (TPSA) is 68.0 Å². The first-order valence-electron chi connectivity index (χ1n) is 8.75. The van der Waals surface area contributed by atoms with Crippen LogP contribution in [0.4, 0.5) is 0 Å². The molecule has 0 saturated carbocycles. The number of piperazine rings is 1. The van der Waals surface area contributed by atoms with E-state index in [0.29, 0.717) is 18.7 Å². The van der Waals surface area contributed by atoms with Gasteiger partial charge in [-0.25, -0.2) is 9.67 Å². The lowest BCUT2D eigenvalue weighted by molar-refractivity contribution is 0.0621. The summed E-state index contributed by atoms with van der Waals surface area (Å²) in [5.74, 6) is 0.928. The molecule has 3 heterocycles. The molecule has 1 unspecified atom stereocenters. The van der Waals surface area contributed by atoms with Gasteiger partial charge in [-0.05, 0) is 37.3 Å². The summed E-state index contributed by atoms with van der Waals surface area (Å²) in [6.07, 6.45) is 5.45. The van der Waals surface area contributed by atoms with Crippen molar-refractivity contribution in [3.8, 4) is 5.69 Å². The van der Waals surface area contributed by atoms with Crippen molar-refractivity contribution >= 4 is 18.3 Å². The molecule has 4 rings (SSSR count). The first-order valence-corrected chi connectivity index (χ1v) is 8.75.